The van der Waals surface area contributed by atoms with Crippen molar-refractivity contribution in [1.82, 2.24) is 9.97 Å². The Morgan fingerprint density at radius 2 is 1.86 bits per heavy atom. The molecule has 4 aliphatic rings. The number of ether oxygens (including phenoxy) is 1. The van der Waals surface area contributed by atoms with Crippen LogP contribution in [-0.4, -0.2) is 39.2 Å². The van der Waals surface area contributed by atoms with E-state index in [1.165, 1.54) is 0 Å². The van der Waals surface area contributed by atoms with E-state index in [1.54, 1.807) is 18.2 Å². The minimum Gasteiger partial charge on any atom is -0.455 e. The van der Waals surface area contributed by atoms with Crippen LogP contribution in [0, 0.1) is 17.3 Å². The van der Waals surface area contributed by atoms with Crippen molar-refractivity contribution in [2.75, 3.05) is 11.9 Å². The Labute approximate surface area is 160 Å². The molecule has 1 aromatic heterocycles. The van der Waals surface area contributed by atoms with Gasteiger partial charge in [0.2, 0.25) is 0 Å². The lowest BCUT2D eigenvalue weighted by molar-refractivity contribution is -0.196. The Morgan fingerprint density at radius 1 is 1.14 bits per heavy atom. The predicted molar refractivity (Wildman–Crippen MR) is 101 cm³/mol. The van der Waals surface area contributed by atoms with Gasteiger partial charge in [-0.05, 0) is 68.6 Å². The second-order valence-corrected chi connectivity index (χ2v) is 8.93. The summed E-state index contributed by atoms with van der Waals surface area (Å²) in [4.78, 5) is 41.6. The second-order valence-electron chi connectivity index (χ2n) is 8.93. The van der Waals surface area contributed by atoms with Gasteiger partial charge in [0.15, 0.2) is 6.61 Å². The van der Waals surface area contributed by atoms with Crippen LogP contribution < -0.4 is 11.0 Å². The van der Waals surface area contributed by atoms with E-state index in [1.807, 2.05) is 0 Å². The van der Waals surface area contributed by atoms with Gasteiger partial charge in [-0.15, -0.1) is 0 Å². The molecule has 4 saturated carbocycles. The van der Waals surface area contributed by atoms with Crippen LogP contribution in [0.25, 0.3) is 11.0 Å². The van der Waals surface area contributed by atoms with Gasteiger partial charge < -0.3 is 25.1 Å². The van der Waals surface area contributed by atoms with Gasteiger partial charge in [0.05, 0.1) is 22.0 Å². The number of carbonyl (C=O) groups is 2. The Morgan fingerprint density at radius 3 is 2.57 bits per heavy atom. The summed E-state index contributed by atoms with van der Waals surface area (Å²) >= 11 is 0. The summed E-state index contributed by atoms with van der Waals surface area (Å²) in [5.74, 6) is -0.0414. The van der Waals surface area contributed by atoms with Crippen LogP contribution in [0.2, 0.25) is 0 Å². The third-order valence-electron chi connectivity index (χ3n) is 6.60. The monoisotopic (exact) mass is 385 g/mol. The summed E-state index contributed by atoms with van der Waals surface area (Å²) in [6.07, 6.45) is 4.60. The Kier molecular flexibility index (Phi) is 3.71. The molecule has 0 spiro atoms. The fraction of sp³-hybridized carbons (Fsp3) is 0.550. The van der Waals surface area contributed by atoms with Crippen LogP contribution in [0.4, 0.5) is 5.69 Å². The zero-order valence-corrected chi connectivity index (χ0v) is 15.4. The van der Waals surface area contributed by atoms with E-state index >= 15 is 0 Å². The van der Waals surface area contributed by atoms with Gasteiger partial charge in [0.25, 0.3) is 5.91 Å². The lowest BCUT2D eigenvalue weighted by Crippen LogP contribution is -2.58. The van der Waals surface area contributed by atoms with E-state index < -0.39 is 16.9 Å². The third-order valence-corrected chi connectivity index (χ3v) is 6.60. The van der Waals surface area contributed by atoms with Crippen molar-refractivity contribution in [2.24, 2.45) is 17.3 Å². The number of H-pyrrole nitrogens is 2. The third kappa shape index (κ3) is 2.92. The number of fused-ring (bicyclic) bond motifs is 1. The largest absolute Gasteiger partial charge is 0.455 e. The Bertz CT molecular complexity index is 1010. The standard InChI is InChI=1S/C20H23N3O5/c24-16(21-13-1-2-14-15(4-13)23-18(26)22-14)9-28-17(25)19-5-11-3-12(6-19)8-20(27,7-11)10-19/h1-2,4,11-12,27H,3,5-10H2,(H,21,24)(H2,22,23,26). The van der Waals surface area contributed by atoms with Crippen molar-refractivity contribution in [1.29, 1.82) is 0 Å². The highest BCUT2D eigenvalue weighted by Gasteiger charge is 2.60. The molecule has 0 aliphatic heterocycles. The molecule has 2 aromatic rings. The van der Waals surface area contributed by atoms with Crippen molar-refractivity contribution >= 4 is 28.6 Å². The van der Waals surface area contributed by atoms with Gasteiger partial charge in [-0.3, -0.25) is 9.59 Å². The number of carbonyl (C=O) groups excluding carboxylic acids is 2. The zero-order valence-electron chi connectivity index (χ0n) is 15.4. The topological polar surface area (TPSA) is 124 Å². The predicted octanol–water partition coefficient (Wildman–Crippen LogP) is 1.67. The highest BCUT2D eigenvalue weighted by atomic mass is 16.5. The molecule has 4 N–H and O–H groups in total. The fourth-order valence-corrected chi connectivity index (χ4v) is 6.04. The molecule has 1 aromatic carbocycles. The average molecular weight is 385 g/mol. The maximum Gasteiger partial charge on any atom is 0.323 e. The van der Waals surface area contributed by atoms with Gasteiger partial charge in [0.1, 0.15) is 0 Å². The molecule has 1 amide bonds. The molecule has 0 radical (unpaired) electrons. The van der Waals surface area contributed by atoms with Gasteiger partial charge in [0, 0.05) is 5.69 Å². The molecule has 4 bridgehead atoms. The van der Waals surface area contributed by atoms with Crippen molar-refractivity contribution in [2.45, 2.75) is 44.1 Å². The molecule has 8 nitrogen and oxygen atoms in total. The zero-order chi connectivity index (χ0) is 19.5. The fourth-order valence-electron chi connectivity index (χ4n) is 6.04. The summed E-state index contributed by atoms with van der Waals surface area (Å²) in [6, 6.07) is 4.99. The number of hydrogen-bond donors (Lipinski definition) is 4. The van der Waals surface area contributed by atoms with Gasteiger partial charge >= 0.3 is 11.7 Å². The van der Waals surface area contributed by atoms with Gasteiger partial charge in [-0.2, -0.15) is 0 Å². The maximum absolute atomic E-state index is 12.8. The second kappa shape index (κ2) is 5.94. The molecular weight excluding hydrogens is 362 g/mol. The first-order chi connectivity index (χ1) is 13.3. The van der Waals surface area contributed by atoms with Crippen LogP contribution >= 0.6 is 0 Å². The van der Waals surface area contributed by atoms with Crippen LogP contribution in [0.5, 0.6) is 0 Å². The Balaban J connectivity index is 1.22. The van der Waals surface area contributed by atoms with E-state index in [-0.39, 0.29) is 18.3 Å². The smallest absolute Gasteiger partial charge is 0.323 e. The molecule has 0 saturated heterocycles. The molecule has 2 unspecified atom stereocenters. The van der Waals surface area contributed by atoms with E-state index in [4.69, 9.17) is 4.74 Å². The molecule has 6 rings (SSSR count). The average Bonchev–Trinajstić information content (AvgIpc) is 2.96. The lowest BCUT2D eigenvalue weighted by Gasteiger charge is -2.58. The molecule has 4 aliphatic carbocycles. The van der Waals surface area contributed by atoms with E-state index in [9.17, 15) is 19.5 Å². The number of anilines is 1. The molecule has 148 valence electrons. The number of nitrogens with one attached hydrogen (secondary N) is 3. The number of benzene rings is 1. The van der Waals surface area contributed by atoms with Crippen molar-refractivity contribution in [3.63, 3.8) is 0 Å². The van der Waals surface area contributed by atoms with E-state index in [0.29, 0.717) is 35.0 Å². The number of esters is 1. The highest BCUT2D eigenvalue weighted by molar-refractivity contribution is 5.95. The first-order valence-corrected chi connectivity index (χ1v) is 9.74. The SMILES string of the molecule is O=C(COC(=O)C12CC3CC(CC(O)(C3)C1)C2)Nc1ccc2[nH]c(=O)[nH]c2c1. The molecule has 2 atom stereocenters. The number of aromatic nitrogens is 2. The van der Waals surface area contributed by atoms with E-state index in [0.717, 1.165) is 32.1 Å². The summed E-state index contributed by atoms with van der Waals surface area (Å²) in [5, 5.41) is 13.4. The summed E-state index contributed by atoms with van der Waals surface area (Å²) in [5.41, 5.74) is 0.0463. The van der Waals surface area contributed by atoms with Crippen molar-refractivity contribution in [3.8, 4) is 0 Å². The first-order valence-electron chi connectivity index (χ1n) is 9.74. The van der Waals surface area contributed by atoms with E-state index in [2.05, 4.69) is 15.3 Å². The number of imidazole rings is 1. The number of amides is 1. The van der Waals surface area contributed by atoms with Crippen LogP contribution in [-0.2, 0) is 14.3 Å². The molecular formula is C20H23N3O5. The molecule has 8 heteroatoms. The summed E-state index contributed by atoms with van der Waals surface area (Å²) < 4.78 is 5.37. The number of aliphatic hydroxyl groups is 1. The first kappa shape index (κ1) is 17.5. The van der Waals surface area contributed by atoms with Crippen molar-refractivity contribution in [3.05, 3.63) is 28.7 Å². The quantitative estimate of drug-likeness (QED) is 0.596. The number of hydrogen-bond acceptors (Lipinski definition) is 5. The van der Waals surface area contributed by atoms with Crippen LogP contribution in [0.15, 0.2) is 23.0 Å². The number of rotatable bonds is 4. The molecule has 1 heterocycles. The summed E-state index contributed by atoms with van der Waals surface area (Å²) in [7, 11) is 0. The minimum absolute atomic E-state index is 0.315. The summed E-state index contributed by atoms with van der Waals surface area (Å²) in [6.45, 7) is -0.365. The normalized spacial score (nSPS) is 33.2. The van der Waals surface area contributed by atoms with Gasteiger partial charge in [-0.1, -0.05) is 0 Å². The Hall–Kier alpha value is -2.61. The van der Waals surface area contributed by atoms with Crippen molar-refractivity contribution < 1.29 is 19.4 Å². The lowest BCUT2D eigenvalue weighted by atomic mass is 9.48. The van der Waals surface area contributed by atoms with Gasteiger partial charge in [-0.25, -0.2) is 4.79 Å². The highest BCUT2D eigenvalue weighted by Crippen LogP contribution is 2.61. The van der Waals surface area contributed by atoms with Crippen LogP contribution in [0.1, 0.15) is 38.5 Å². The van der Waals surface area contributed by atoms with Crippen LogP contribution in [0.3, 0.4) is 0 Å². The minimum atomic E-state index is -0.742. The molecule has 28 heavy (non-hydrogen) atoms. The number of aromatic amines is 2. The molecule has 4 fully saturated rings. The maximum atomic E-state index is 12.8.